The average Bonchev–Trinajstić information content (AvgIpc) is 4.11. The molecule has 0 bridgehead atoms. The molecule has 0 aromatic heterocycles. The van der Waals surface area contributed by atoms with Crippen LogP contribution < -0.4 is 42.5 Å². The Balaban J connectivity index is -0.000000219. The highest BCUT2D eigenvalue weighted by molar-refractivity contribution is 5.67. The lowest BCUT2D eigenvalue weighted by Crippen LogP contribution is -2.50. The van der Waals surface area contributed by atoms with E-state index in [9.17, 15) is 22.4 Å². The van der Waals surface area contributed by atoms with Crippen molar-refractivity contribution in [2.75, 3.05) is 53.0 Å². The third-order valence-electron chi connectivity index (χ3n) is 8.86. The fraction of sp³-hybridized carbons (Fsp3) is 0.981. The molecule has 0 aliphatic heterocycles. The molecule has 0 aromatic carbocycles. The van der Waals surface area contributed by atoms with E-state index in [1.165, 1.54) is 58.0 Å². The molecule has 8 N–H and O–H groups in total. The van der Waals surface area contributed by atoms with Crippen LogP contribution in [0.1, 0.15) is 203 Å². The van der Waals surface area contributed by atoms with Gasteiger partial charge in [0.25, 0.3) is 5.92 Å². The van der Waals surface area contributed by atoms with Crippen LogP contribution in [0.2, 0.25) is 0 Å². The largest absolute Gasteiger partial charge is 0.450 e. The van der Waals surface area contributed by atoms with E-state index in [4.69, 9.17) is 4.74 Å². The van der Waals surface area contributed by atoms with Gasteiger partial charge in [0, 0.05) is 99.9 Å². The van der Waals surface area contributed by atoms with Crippen LogP contribution in [0.5, 0.6) is 0 Å². The molecule has 3 fully saturated rings. The highest BCUT2D eigenvalue weighted by Crippen LogP contribution is 2.37. The van der Waals surface area contributed by atoms with E-state index < -0.39 is 11.8 Å². The molecule has 1 amide bonds. The number of hydrogen-bond acceptors (Lipinski definition) is 10. The van der Waals surface area contributed by atoms with Crippen molar-refractivity contribution in [3.8, 4) is 0 Å². The van der Waals surface area contributed by atoms with Gasteiger partial charge in [0.05, 0.1) is 13.2 Å². The Bertz CT molecular complexity index is 975. The van der Waals surface area contributed by atoms with Crippen LogP contribution in [-0.4, -0.2) is 131 Å². The van der Waals surface area contributed by atoms with Gasteiger partial charge >= 0.3 is 6.09 Å². The molecule has 0 heterocycles. The lowest BCUT2D eigenvalue weighted by molar-refractivity contribution is -0.0940. The number of alkyl halides is 4. The second kappa shape index (κ2) is 48.3. The molecular weight excluding hydrogens is 861 g/mol. The number of halogens is 4. The number of nitrogens with one attached hydrogen (secondary N) is 8. The SMILES string of the molecule is CC(C)NC1CC(F)(F)C1.CC(C)NC1CC1.CC(C)NCC1CC1.CC(C)NCCC(C)(F)F.CCCCNC(C)C.CCCNC(C)C.CCOC(=O)NC(C)C.COCCNC(C)C. The fourth-order valence-electron chi connectivity index (χ4n) is 5.14. The number of hydrogen-bond donors (Lipinski definition) is 8. The Morgan fingerprint density at radius 2 is 1.01 bits per heavy atom. The van der Waals surface area contributed by atoms with Crippen LogP contribution in [0, 0.1) is 5.92 Å². The predicted molar refractivity (Wildman–Crippen MR) is 284 cm³/mol. The molecule has 11 nitrogen and oxygen atoms in total. The number of unbranched alkanes of at least 4 members (excludes halogenated alkanes) is 1. The second-order valence-corrected chi connectivity index (χ2v) is 20.5. The lowest BCUT2D eigenvalue weighted by atomic mass is 9.88. The van der Waals surface area contributed by atoms with Gasteiger partial charge in [-0.2, -0.15) is 0 Å². The number of carbonyl (C=O) groups excluding carboxylic acids is 1. The van der Waals surface area contributed by atoms with Crippen LogP contribution in [-0.2, 0) is 9.47 Å². The minimum Gasteiger partial charge on any atom is -0.450 e. The summed E-state index contributed by atoms with van der Waals surface area (Å²) in [5.41, 5.74) is 0. The number of ether oxygens (including phenoxy) is 2. The Hall–Kier alpha value is -1.33. The van der Waals surface area contributed by atoms with E-state index in [-0.39, 0.29) is 37.4 Å². The van der Waals surface area contributed by atoms with Crippen LogP contribution in [0.4, 0.5) is 22.4 Å². The molecule has 3 rings (SSSR count). The summed E-state index contributed by atoms with van der Waals surface area (Å²) in [4.78, 5) is 10.5. The second-order valence-electron chi connectivity index (χ2n) is 20.5. The molecule has 0 atom stereocenters. The van der Waals surface area contributed by atoms with Crippen molar-refractivity contribution in [3.63, 3.8) is 0 Å². The first-order valence-electron chi connectivity index (χ1n) is 26.3. The number of amides is 1. The zero-order chi connectivity index (χ0) is 53.0. The van der Waals surface area contributed by atoms with Crippen molar-refractivity contribution < 1.29 is 31.8 Å². The van der Waals surface area contributed by atoms with Crippen LogP contribution >= 0.6 is 0 Å². The molecule has 3 aliphatic rings. The molecule has 67 heavy (non-hydrogen) atoms. The monoisotopic (exact) mass is 977 g/mol. The van der Waals surface area contributed by atoms with Gasteiger partial charge in [-0.25, -0.2) is 22.4 Å². The van der Waals surface area contributed by atoms with Gasteiger partial charge in [0.15, 0.2) is 0 Å². The number of rotatable bonds is 24. The van der Waals surface area contributed by atoms with Crippen molar-refractivity contribution in [2.45, 2.75) is 275 Å². The van der Waals surface area contributed by atoms with Gasteiger partial charge in [0.1, 0.15) is 0 Å². The maximum Gasteiger partial charge on any atom is 0.407 e. The topological polar surface area (TPSA) is 132 Å². The summed E-state index contributed by atoms with van der Waals surface area (Å²) in [7, 11) is 1.71. The van der Waals surface area contributed by atoms with E-state index in [0.29, 0.717) is 55.4 Å². The van der Waals surface area contributed by atoms with Crippen molar-refractivity contribution >= 4 is 6.09 Å². The summed E-state index contributed by atoms with van der Waals surface area (Å²) in [6, 6.07) is 4.94. The molecule has 0 aromatic rings. The molecule has 0 radical (unpaired) electrons. The van der Waals surface area contributed by atoms with Crippen molar-refractivity contribution in [1.82, 2.24) is 42.5 Å². The first-order chi connectivity index (χ1) is 31.0. The molecule has 3 aliphatic carbocycles. The number of carbonyl (C=O) groups is 1. The molecule has 0 unspecified atom stereocenters. The highest BCUT2D eigenvalue weighted by atomic mass is 19.3. The Labute approximate surface area is 413 Å². The summed E-state index contributed by atoms with van der Waals surface area (Å²) in [6.45, 7) is 46.5. The maximum absolute atomic E-state index is 12.2. The molecular formula is C52H116F4N8O3. The maximum atomic E-state index is 12.2. The Kier molecular flexibility index (Phi) is 53.8. The fourth-order valence-corrected chi connectivity index (χ4v) is 5.14. The van der Waals surface area contributed by atoms with E-state index >= 15 is 0 Å². The zero-order valence-corrected chi connectivity index (χ0v) is 47.6. The minimum absolute atomic E-state index is 0.0190. The molecule has 3 saturated carbocycles. The zero-order valence-electron chi connectivity index (χ0n) is 47.6. The standard InChI is InChI=1S/C7H13F2N.C7H15F2N.C7H15N.C7H17N.C6H13NO2.C6H15NO.C6H13N.C6H15N/c1-5(2)10-6-3-7(8,9)4-6;1-6(2)10-5-4-7(3,8)9;1-6(2)8-5-7-3-4-7;1-4-5-6-8-7(2)3;1-4-9-6(8)7-5(2)3;1-6(2)7-4-5-8-3;1-5(2)7-6-3-4-6;1-4-5-7-6(2)3/h5-6,10H,3-4H2,1-2H3;6,10H,4-5H2,1-3H3;6-8H,3-5H2,1-2H3;7-8H,4-6H2,1-3H3;5H,4H2,1-3H3,(H,7,8);6-7H,4-5H2,1-3H3;5-7H,3-4H2,1-2H3;6-7H,4-5H2,1-3H3. The highest BCUT2D eigenvalue weighted by Gasteiger charge is 2.45. The van der Waals surface area contributed by atoms with Gasteiger partial charge in [-0.3, -0.25) is 0 Å². The van der Waals surface area contributed by atoms with Crippen molar-refractivity contribution in [3.05, 3.63) is 0 Å². The third kappa shape index (κ3) is 82.0. The molecule has 0 spiro atoms. The molecule has 15 heteroatoms. The molecule has 410 valence electrons. The van der Waals surface area contributed by atoms with Crippen molar-refractivity contribution in [2.24, 2.45) is 5.92 Å². The molecule has 0 saturated heterocycles. The smallest absolute Gasteiger partial charge is 0.407 e. The first kappa shape index (κ1) is 74.6. The van der Waals surface area contributed by atoms with Crippen LogP contribution in [0.25, 0.3) is 0 Å². The summed E-state index contributed by atoms with van der Waals surface area (Å²) in [5, 5.41) is 25.2. The van der Waals surface area contributed by atoms with E-state index in [2.05, 4.69) is 130 Å². The van der Waals surface area contributed by atoms with E-state index in [0.717, 1.165) is 38.6 Å². The Morgan fingerprint density at radius 1 is 0.582 bits per heavy atom. The minimum atomic E-state index is -2.53. The summed E-state index contributed by atoms with van der Waals surface area (Å²) in [6.07, 6.45) is 9.17. The van der Waals surface area contributed by atoms with Gasteiger partial charge < -0.3 is 52.0 Å². The number of methoxy groups -OCH3 is 1. The van der Waals surface area contributed by atoms with Gasteiger partial charge in [-0.1, -0.05) is 117 Å². The van der Waals surface area contributed by atoms with Gasteiger partial charge in [-0.15, -0.1) is 0 Å². The summed E-state index contributed by atoms with van der Waals surface area (Å²) in [5.74, 6) is -3.88. The normalized spacial score (nSPS) is 15.0. The Morgan fingerprint density at radius 3 is 1.31 bits per heavy atom. The summed E-state index contributed by atoms with van der Waals surface area (Å²) < 4.78 is 58.1. The van der Waals surface area contributed by atoms with Crippen LogP contribution in [0.15, 0.2) is 0 Å². The first-order valence-corrected chi connectivity index (χ1v) is 26.3. The number of alkyl carbamates (subject to hydrolysis) is 1. The van der Waals surface area contributed by atoms with E-state index in [1.807, 2.05) is 41.5 Å². The summed E-state index contributed by atoms with van der Waals surface area (Å²) >= 11 is 0. The van der Waals surface area contributed by atoms with Crippen molar-refractivity contribution in [1.29, 1.82) is 0 Å². The van der Waals surface area contributed by atoms with Gasteiger partial charge in [0.2, 0.25) is 5.92 Å². The van der Waals surface area contributed by atoms with E-state index in [1.54, 1.807) is 14.0 Å². The lowest BCUT2D eigenvalue weighted by Gasteiger charge is -2.36. The van der Waals surface area contributed by atoms with Gasteiger partial charge in [-0.05, 0) is 91.8 Å². The quantitative estimate of drug-likeness (QED) is 0.0349. The third-order valence-corrected chi connectivity index (χ3v) is 8.86. The average molecular weight is 978 g/mol. The predicted octanol–water partition coefficient (Wildman–Crippen LogP) is 11.3. The van der Waals surface area contributed by atoms with Crippen LogP contribution in [0.3, 0.4) is 0 Å².